The van der Waals surface area contributed by atoms with Gasteiger partial charge in [-0.1, -0.05) is 42.5 Å². The fraction of sp³-hybridized carbons (Fsp3) is 0.353. The second-order valence-corrected chi connectivity index (χ2v) is 5.08. The second-order valence-electron chi connectivity index (χ2n) is 5.08. The van der Waals surface area contributed by atoms with Gasteiger partial charge in [0, 0.05) is 19.6 Å². The molecule has 0 saturated heterocycles. The van der Waals surface area contributed by atoms with Crippen molar-refractivity contribution in [2.75, 3.05) is 20.1 Å². The number of rotatable bonds is 5. The molecule has 0 aliphatic rings. The summed E-state index contributed by atoms with van der Waals surface area (Å²) in [7, 11) is 1.83. The van der Waals surface area contributed by atoms with E-state index < -0.39 is 0 Å². The van der Waals surface area contributed by atoms with Gasteiger partial charge in [-0.05, 0) is 30.2 Å². The van der Waals surface area contributed by atoms with Crippen LogP contribution >= 0.6 is 0 Å². The third-order valence-corrected chi connectivity index (χ3v) is 3.75. The molecule has 0 bridgehead atoms. The van der Waals surface area contributed by atoms with Crippen LogP contribution in [0.25, 0.3) is 10.8 Å². The predicted molar refractivity (Wildman–Crippen MR) is 83.7 cm³/mol. The number of nitrogens with one attached hydrogen (secondary N) is 1. The molecule has 3 heteroatoms. The first-order chi connectivity index (χ1) is 9.63. The number of hydrogen-bond acceptors (Lipinski definition) is 2. The highest BCUT2D eigenvalue weighted by molar-refractivity contribution is 5.86. The van der Waals surface area contributed by atoms with Crippen LogP contribution < -0.4 is 5.32 Å². The molecular weight excluding hydrogens is 248 g/mol. The highest BCUT2D eigenvalue weighted by atomic mass is 16.2. The summed E-state index contributed by atoms with van der Waals surface area (Å²) < 4.78 is 0. The minimum absolute atomic E-state index is 0.125. The van der Waals surface area contributed by atoms with Crippen LogP contribution in [-0.2, 0) is 4.79 Å². The minimum atomic E-state index is 0.125. The monoisotopic (exact) mass is 270 g/mol. The first-order valence-electron chi connectivity index (χ1n) is 7.08. The predicted octanol–water partition coefficient (Wildman–Crippen LogP) is 2.97. The Labute approximate surface area is 120 Å². The molecule has 1 N–H and O–H groups in total. The molecule has 0 radical (unpaired) electrons. The van der Waals surface area contributed by atoms with E-state index in [2.05, 4.69) is 48.6 Å². The van der Waals surface area contributed by atoms with Gasteiger partial charge in [-0.2, -0.15) is 0 Å². The topological polar surface area (TPSA) is 32.3 Å². The summed E-state index contributed by atoms with van der Waals surface area (Å²) in [5.41, 5.74) is 1.23. The molecule has 106 valence electrons. The first kappa shape index (κ1) is 14.5. The SMILES string of the molecule is CCN(C)C(=O)CNC(C)c1cccc2ccccc12. The summed E-state index contributed by atoms with van der Waals surface area (Å²) in [6.07, 6.45) is 0. The van der Waals surface area contributed by atoms with Gasteiger partial charge in [-0.15, -0.1) is 0 Å². The Morgan fingerprint density at radius 3 is 2.65 bits per heavy atom. The molecule has 0 aliphatic carbocycles. The van der Waals surface area contributed by atoms with E-state index >= 15 is 0 Å². The lowest BCUT2D eigenvalue weighted by molar-refractivity contribution is -0.128. The van der Waals surface area contributed by atoms with Crippen LogP contribution in [0, 0.1) is 0 Å². The van der Waals surface area contributed by atoms with Crippen molar-refractivity contribution in [3.05, 3.63) is 48.0 Å². The first-order valence-corrected chi connectivity index (χ1v) is 7.08. The van der Waals surface area contributed by atoms with Gasteiger partial charge >= 0.3 is 0 Å². The summed E-state index contributed by atoms with van der Waals surface area (Å²) in [6.45, 7) is 5.19. The van der Waals surface area contributed by atoms with Crippen molar-refractivity contribution < 1.29 is 4.79 Å². The van der Waals surface area contributed by atoms with Crippen molar-refractivity contribution in [1.82, 2.24) is 10.2 Å². The lowest BCUT2D eigenvalue weighted by Gasteiger charge is -2.19. The van der Waals surface area contributed by atoms with E-state index in [0.717, 1.165) is 6.54 Å². The molecular formula is C17H22N2O. The van der Waals surface area contributed by atoms with Gasteiger partial charge in [0.25, 0.3) is 0 Å². The summed E-state index contributed by atoms with van der Waals surface area (Å²) in [5, 5.41) is 5.79. The zero-order valence-corrected chi connectivity index (χ0v) is 12.4. The smallest absolute Gasteiger partial charge is 0.236 e. The Hall–Kier alpha value is -1.87. The van der Waals surface area contributed by atoms with Gasteiger partial charge in [0.2, 0.25) is 5.91 Å². The van der Waals surface area contributed by atoms with E-state index in [1.165, 1.54) is 16.3 Å². The Morgan fingerprint density at radius 2 is 1.90 bits per heavy atom. The third kappa shape index (κ3) is 3.17. The van der Waals surface area contributed by atoms with Crippen LogP contribution in [0.1, 0.15) is 25.5 Å². The zero-order chi connectivity index (χ0) is 14.5. The molecule has 0 aliphatic heterocycles. The fourth-order valence-electron chi connectivity index (χ4n) is 2.29. The van der Waals surface area contributed by atoms with E-state index in [-0.39, 0.29) is 11.9 Å². The van der Waals surface area contributed by atoms with E-state index in [4.69, 9.17) is 0 Å². The molecule has 20 heavy (non-hydrogen) atoms. The number of likely N-dealkylation sites (N-methyl/N-ethyl adjacent to an activating group) is 1. The maximum absolute atomic E-state index is 11.8. The lowest BCUT2D eigenvalue weighted by atomic mass is 10.00. The zero-order valence-electron chi connectivity index (χ0n) is 12.4. The molecule has 3 nitrogen and oxygen atoms in total. The van der Waals surface area contributed by atoms with Gasteiger partial charge in [-0.3, -0.25) is 4.79 Å². The molecule has 0 saturated carbocycles. The number of nitrogens with zero attached hydrogens (tertiary/aromatic N) is 1. The molecule has 2 rings (SSSR count). The number of fused-ring (bicyclic) bond motifs is 1. The summed E-state index contributed by atoms with van der Waals surface area (Å²) in [4.78, 5) is 13.6. The molecule has 2 aromatic rings. The fourth-order valence-corrected chi connectivity index (χ4v) is 2.29. The van der Waals surface area contributed by atoms with Crippen LogP contribution in [0.4, 0.5) is 0 Å². The molecule has 1 amide bonds. The van der Waals surface area contributed by atoms with Crippen LogP contribution in [0.5, 0.6) is 0 Å². The maximum atomic E-state index is 11.8. The normalized spacial score (nSPS) is 12.3. The van der Waals surface area contributed by atoms with Crippen molar-refractivity contribution in [2.24, 2.45) is 0 Å². The molecule has 0 aromatic heterocycles. The van der Waals surface area contributed by atoms with Gasteiger partial charge in [-0.25, -0.2) is 0 Å². The Kier molecular flexibility index (Phi) is 4.74. The number of hydrogen-bond donors (Lipinski definition) is 1. The van der Waals surface area contributed by atoms with Crippen molar-refractivity contribution >= 4 is 16.7 Å². The molecule has 0 fully saturated rings. The summed E-state index contributed by atoms with van der Waals surface area (Å²) in [6, 6.07) is 14.8. The third-order valence-electron chi connectivity index (χ3n) is 3.75. The van der Waals surface area contributed by atoms with Gasteiger partial charge in [0.05, 0.1) is 6.54 Å². The molecule has 1 unspecified atom stereocenters. The van der Waals surface area contributed by atoms with Crippen molar-refractivity contribution in [3.8, 4) is 0 Å². The Morgan fingerprint density at radius 1 is 1.20 bits per heavy atom. The van der Waals surface area contributed by atoms with Crippen molar-refractivity contribution in [1.29, 1.82) is 0 Å². The highest BCUT2D eigenvalue weighted by Crippen LogP contribution is 2.23. The minimum Gasteiger partial charge on any atom is -0.345 e. The van der Waals surface area contributed by atoms with Crippen LogP contribution in [-0.4, -0.2) is 30.9 Å². The quantitative estimate of drug-likeness (QED) is 0.906. The number of amides is 1. The van der Waals surface area contributed by atoms with E-state index in [1.807, 2.05) is 20.0 Å². The van der Waals surface area contributed by atoms with Crippen molar-refractivity contribution in [3.63, 3.8) is 0 Å². The van der Waals surface area contributed by atoms with E-state index in [0.29, 0.717) is 6.54 Å². The highest BCUT2D eigenvalue weighted by Gasteiger charge is 2.12. The lowest BCUT2D eigenvalue weighted by Crippen LogP contribution is -2.36. The largest absolute Gasteiger partial charge is 0.345 e. The molecule has 0 heterocycles. The number of carbonyl (C=O) groups excluding carboxylic acids is 1. The van der Waals surface area contributed by atoms with Gasteiger partial charge < -0.3 is 10.2 Å². The van der Waals surface area contributed by atoms with E-state index in [9.17, 15) is 4.79 Å². The van der Waals surface area contributed by atoms with Gasteiger partial charge in [0.1, 0.15) is 0 Å². The van der Waals surface area contributed by atoms with E-state index in [1.54, 1.807) is 4.90 Å². The molecule has 1 atom stereocenters. The number of carbonyl (C=O) groups is 1. The van der Waals surface area contributed by atoms with Crippen LogP contribution in [0.2, 0.25) is 0 Å². The Balaban J connectivity index is 2.12. The summed E-state index contributed by atoms with van der Waals surface area (Å²) in [5.74, 6) is 0.125. The van der Waals surface area contributed by atoms with Crippen molar-refractivity contribution in [2.45, 2.75) is 19.9 Å². The maximum Gasteiger partial charge on any atom is 0.236 e. The second kappa shape index (κ2) is 6.53. The molecule has 2 aromatic carbocycles. The summed E-state index contributed by atoms with van der Waals surface area (Å²) >= 11 is 0. The van der Waals surface area contributed by atoms with Crippen LogP contribution in [0.15, 0.2) is 42.5 Å². The van der Waals surface area contributed by atoms with Gasteiger partial charge in [0.15, 0.2) is 0 Å². The average molecular weight is 270 g/mol. The van der Waals surface area contributed by atoms with Crippen LogP contribution in [0.3, 0.4) is 0 Å². The molecule has 0 spiro atoms. The standard InChI is InChI=1S/C17H22N2O/c1-4-19(3)17(20)12-18-13(2)15-11-7-9-14-8-5-6-10-16(14)15/h5-11,13,18H,4,12H2,1-3H3. The average Bonchev–Trinajstić information content (AvgIpc) is 2.50. The number of benzene rings is 2. The Bertz CT molecular complexity index is 589.